The topological polar surface area (TPSA) is 0 Å². The molecule has 0 aromatic rings. The first-order valence-electron chi connectivity index (χ1n) is 2.01. The van der Waals surface area contributed by atoms with Crippen molar-refractivity contribution in [1.82, 2.24) is 0 Å². The van der Waals surface area contributed by atoms with Crippen molar-refractivity contribution >= 4 is 36.6 Å². The second-order valence-electron chi connectivity index (χ2n) is 1.07. The van der Waals surface area contributed by atoms with Crippen LogP contribution in [0.5, 0.6) is 0 Å². The summed E-state index contributed by atoms with van der Waals surface area (Å²) in [4.78, 5) is 0. The van der Waals surface area contributed by atoms with E-state index < -0.39 is 0 Å². The fourth-order valence-electron chi connectivity index (χ4n) is 0.201. The molecule has 0 saturated heterocycles. The fourth-order valence-corrected chi connectivity index (χ4v) is 0.604. The molecule has 0 atom stereocenters. The van der Waals surface area contributed by atoms with Gasteiger partial charge in [-0.25, -0.2) is 0 Å². The zero-order valence-corrected chi connectivity index (χ0v) is 7.37. The second-order valence-corrected chi connectivity index (χ2v) is 2.06. The maximum atomic E-state index is 3.58. The first-order valence-corrected chi connectivity index (χ1v) is 3.41. The van der Waals surface area contributed by atoms with Crippen molar-refractivity contribution in [2.24, 2.45) is 0 Å². The average molecular weight is 175 g/mol. The van der Waals surface area contributed by atoms with Crippen LogP contribution in [0.4, 0.5) is 0 Å². The lowest BCUT2D eigenvalue weighted by atomic mass is 10.5. The van der Waals surface area contributed by atoms with Crippen molar-refractivity contribution in [1.29, 1.82) is 0 Å². The predicted octanol–water partition coefficient (Wildman–Crippen LogP) is 2.77. The highest BCUT2D eigenvalue weighted by Gasteiger charge is 1.71. The average Bonchev–Trinajstić information content (AvgIpc) is 1.61. The van der Waals surface area contributed by atoms with Crippen molar-refractivity contribution in [3.8, 4) is 0 Å². The largest absolute Gasteiger partial charge is 0.165 e. The third-order valence-corrected chi connectivity index (χ3v) is 1.17. The molecular formula is C5H12Cl2S. The van der Waals surface area contributed by atoms with Gasteiger partial charge in [0, 0.05) is 0 Å². The molecule has 3 heteroatoms. The number of rotatable bonds is 3. The molecule has 0 N–H and O–H groups in total. The Morgan fingerprint density at radius 1 is 1.50 bits per heavy atom. The van der Waals surface area contributed by atoms with Crippen LogP contribution < -0.4 is 0 Å². The van der Waals surface area contributed by atoms with Crippen LogP contribution in [0, 0.1) is 0 Å². The summed E-state index contributed by atoms with van der Waals surface area (Å²) in [5.41, 5.74) is 0. The van der Waals surface area contributed by atoms with Gasteiger partial charge in [0.1, 0.15) is 0 Å². The molecule has 0 aliphatic carbocycles. The Balaban J connectivity index is -0.000000125. The zero-order valence-electron chi connectivity index (χ0n) is 4.92. The van der Waals surface area contributed by atoms with Crippen molar-refractivity contribution in [2.75, 3.05) is 12.0 Å². The van der Waals surface area contributed by atoms with Gasteiger partial charge in [-0.2, -0.15) is 11.8 Å². The van der Waals surface area contributed by atoms with Crippen LogP contribution in [-0.2, 0) is 0 Å². The zero-order chi connectivity index (χ0) is 4.83. The second kappa shape index (κ2) is 15.6. The molecule has 0 unspecified atom stereocenters. The monoisotopic (exact) mass is 174 g/mol. The standard InChI is InChI=1S/C5H10S.2ClH/c1-3-4-5-6-2;;/h3H,1,4-5H2,2H3;2*1H. The summed E-state index contributed by atoms with van der Waals surface area (Å²) < 4.78 is 0. The van der Waals surface area contributed by atoms with Crippen molar-refractivity contribution < 1.29 is 0 Å². The highest BCUT2D eigenvalue weighted by Crippen LogP contribution is 1.93. The van der Waals surface area contributed by atoms with Gasteiger partial charge in [-0.05, 0) is 18.4 Å². The lowest BCUT2D eigenvalue weighted by Crippen LogP contribution is -1.67. The van der Waals surface area contributed by atoms with E-state index >= 15 is 0 Å². The summed E-state index contributed by atoms with van der Waals surface area (Å²) in [7, 11) is 0. The minimum Gasteiger partial charge on any atom is -0.165 e. The molecule has 0 rings (SSSR count). The number of hydrogen-bond acceptors (Lipinski definition) is 1. The molecule has 0 aliphatic heterocycles. The molecule has 0 amide bonds. The molecule has 0 heterocycles. The summed E-state index contributed by atoms with van der Waals surface area (Å²) in [5, 5.41) is 0. The van der Waals surface area contributed by atoms with Crippen LogP contribution in [-0.4, -0.2) is 12.0 Å². The van der Waals surface area contributed by atoms with E-state index in [0.29, 0.717) is 0 Å². The first kappa shape index (κ1) is 15.9. The Morgan fingerprint density at radius 3 is 2.12 bits per heavy atom. The highest BCUT2D eigenvalue weighted by molar-refractivity contribution is 7.98. The molecule has 0 fully saturated rings. The smallest absolute Gasteiger partial charge is 0.00358 e. The van der Waals surface area contributed by atoms with Crippen LogP contribution in [0.2, 0.25) is 0 Å². The minimum atomic E-state index is 0. The molecule has 0 aromatic heterocycles. The summed E-state index contributed by atoms with van der Waals surface area (Å²) >= 11 is 1.85. The molecule has 0 spiro atoms. The predicted molar refractivity (Wildman–Crippen MR) is 47.7 cm³/mol. The number of thioether (sulfide) groups is 1. The Bertz CT molecular complexity index is 39.4. The van der Waals surface area contributed by atoms with Crippen molar-refractivity contribution in [3.63, 3.8) is 0 Å². The van der Waals surface area contributed by atoms with E-state index in [1.54, 1.807) is 0 Å². The molecule has 52 valence electrons. The van der Waals surface area contributed by atoms with Gasteiger partial charge in [-0.15, -0.1) is 31.4 Å². The minimum absolute atomic E-state index is 0. The maximum absolute atomic E-state index is 3.58. The molecule has 0 radical (unpaired) electrons. The molecule has 0 aliphatic rings. The Morgan fingerprint density at radius 2 is 2.00 bits per heavy atom. The van der Waals surface area contributed by atoms with Crippen LogP contribution >= 0.6 is 36.6 Å². The quantitative estimate of drug-likeness (QED) is 0.469. The maximum Gasteiger partial charge on any atom is -0.00358 e. The van der Waals surface area contributed by atoms with Gasteiger partial charge in [0.25, 0.3) is 0 Å². The lowest BCUT2D eigenvalue weighted by molar-refractivity contribution is 1.26. The molecule has 8 heavy (non-hydrogen) atoms. The van der Waals surface area contributed by atoms with E-state index in [0.717, 1.165) is 6.42 Å². The first-order chi connectivity index (χ1) is 2.91. The summed E-state index contributed by atoms with van der Waals surface area (Å²) in [6.45, 7) is 3.58. The SMILES string of the molecule is C=CCCSC.Cl.Cl. The van der Waals surface area contributed by atoms with Gasteiger partial charge in [-0.3, -0.25) is 0 Å². The molecule has 0 nitrogen and oxygen atoms in total. The van der Waals surface area contributed by atoms with E-state index in [1.807, 2.05) is 17.8 Å². The number of hydrogen-bond donors (Lipinski definition) is 0. The van der Waals surface area contributed by atoms with Gasteiger partial charge in [0.2, 0.25) is 0 Å². The molecule has 0 bridgehead atoms. The van der Waals surface area contributed by atoms with Crippen LogP contribution in [0.15, 0.2) is 12.7 Å². The summed E-state index contributed by atoms with van der Waals surface area (Å²) in [6.07, 6.45) is 5.18. The summed E-state index contributed by atoms with van der Waals surface area (Å²) in [6, 6.07) is 0. The Hall–Kier alpha value is 0.670. The van der Waals surface area contributed by atoms with Gasteiger partial charge in [0.05, 0.1) is 0 Å². The normalized spacial score (nSPS) is 6.12. The van der Waals surface area contributed by atoms with Gasteiger partial charge < -0.3 is 0 Å². The number of allylic oxidation sites excluding steroid dienone is 1. The van der Waals surface area contributed by atoms with E-state index in [4.69, 9.17) is 0 Å². The molecular weight excluding hydrogens is 163 g/mol. The van der Waals surface area contributed by atoms with Crippen molar-refractivity contribution in [3.05, 3.63) is 12.7 Å². The highest BCUT2D eigenvalue weighted by atomic mass is 35.5. The third-order valence-electron chi connectivity index (χ3n) is 0.526. The lowest BCUT2D eigenvalue weighted by Gasteiger charge is -1.82. The molecule has 0 aromatic carbocycles. The van der Waals surface area contributed by atoms with Gasteiger partial charge in [-0.1, -0.05) is 6.08 Å². The molecule has 0 saturated carbocycles. The Labute approximate surface area is 67.9 Å². The van der Waals surface area contributed by atoms with Crippen molar-refractivity contribution in [2.45, 2.75) is 6.42 Å². The Kier molecular flexibility index (Phi) is 31.0. The van der Waals surface area contributed by atoms with E-state index in [9.17, 15) is 0 Å². The van der Waals surface area contributed by atoms with Gasteiger partial charge >= 0.3 is 0 Å². The van der Waals surface area contributed by atoms with Crippen LogP contribution in [0.1, 0.15) is 6.42 Å². The number of halogens is 2. The van der Waals surface area contributed by atoms with E-state index in [2.05, 4.69) is 12.8 Å². The van der Waals surface area contributed by atoms with E-state index in [1.165, 1.54) is 5.75 Å². The van der Waals surface area contributed by atoms with E-state index in [-0.39, 0.29) is 24.8 Å². The fraction of sp³-hybridized carbons (Fsp3) is 0.600. The summed E-state index contributed by atoms with van der Waals surface area (Å²) in [5.74, 6) is 1.21. The van der Waals surface area contributed by atoms with Gasteiger partial charge in [0.15, 0.2) is 0 Å². The van der Waals surface area contributed by atoms with Crippen LogP contribution in [0.3, 0.4) is 0 Å². The van der Waals surface area contributed by atoms with Crippen LogP contribution in [0.25, 0.3) is 0 Å². The third kappa shape index (κ3) is 15.9.